The van der Waals surface area contributed by atoms with Crippen molar-refractivity contribution in [1.82, 2.24) is 4.57 Å². The Morgan fingerprint density at radius 1 is 1.13 bits per heavy atom. The van der Waals surface area contributed by atoms with Gasteiger partial charge in [0.25, 0.3) is 0 Å². The fourth-order valence-electron chi connectivity index (χ4n) is 5.29. The lowest BCUT2D eigenvalue weighted by Crippen LogP contribution is -2.26. The first-order valence-corrected chi connectivity index (χ1v) is 10.8. The van der Waals surface area contributed by atoms with Crippen LogP contribution in [-0.2, 0) is 6.54 Å². The van der Waals surface area contributed by atoms with E-state index in [2.05, 4.69) is 17.6 Å². The molecule has 2 heterocycles. The average molecular weight is 405 g/mol. The van der Waals surface area contributed by atoms with Gasteiger partial charge in [-0.05, 0) is 55.0 Å². The van der Waals surface area contributed by atoms with E-state index in [-0.39, 0.29) is 12.2 Å². The fraction of sp³-hybridized carbons (Fsp3) is 0.400. The van der Waals surface area contributed by atoms with Crippen LogP contribution in [-0.4, -0.2) is 33.5 Å². The summed E-state index contributed by atoms with van der Waals surface area (Å²) in [5.41, 5.74) is 5.74. The third-order valence-electron chi connectivity index (χ3n) is 6.66. The Bertz CT molecular complexity index is 1120. The molecule has 0 amide bonds. The summed E-state index contributed by atoms with van der Waals surface area (Å²) in [5, 5.41) is 21.3. The molecule has 0 spiro atoms. The normalized spacial score (nSPS) is 19.5. The van der Waals surface area contributed by atoms with Gasteiger partial charge in [0.1, 0.15) is 18.5 Å². The minimum Gasteiger partial charge on any atom is -0.490 e. The van der Waals surface area contributed by atoms with E-state index in [4.69, 9.17) is 4.74 Å². The first-order chi connectivity index (χ1) is 14.5. The molecule has 5 heteroatoms. The summed E-state index contributed by atoms with van der Waals surface area (Å²) in [7, 11) is 0. The van der Waals surface area contributed by atoms with Gasteiger partial charge in [-0.25, -0.2) is 4.79 Å². The van der Waals surface area contributed by atoms with E-state index >= 15 is 0 Å². The second-order valence-electron chi connectivity index (χ2n) is 8.66. The second kappa shape index (κ2) is 7.47. The Kier molecular flexibility index (Phi) is 4.78. The highest BCUT2D eigenvalue weighted by atomic mass is 16.5. The Labute approximate surface area is 175 Å². The van der Waals surface area contributed by atoms with E-state index < -0.39 is 12.1 Å². The lowest BCUT2D eigenvalue weighted by molar-refractivity contribution is 0.0697. The lowest BCUT2D eigenvalue weighted by atomic mass is 9.81. The molecule has 1 saturated carbocycles. The molecule has 5 nitrogen and oxygen atoms in total. The van der Waals surface area contributed by atoms with Gasteiger partial charge in [-0.15, -0.1) is 0 Å². The monoisotopic (exact) mass is 405 g/mol. The zero-order valence-corrected chi connectivity index (χ0v) is 17.2. The smallest absolute Gasteiger partial charge is 0.335 e. The Hall–Kier alpha value is -2.79. The van der Waals surface area contributed by atoms with Crippen LogP contribution < -0.4 is 4.74 Å². The van der Waals surface area contributed by atoms with Crippen molar-refractivity contribution < 1.29 is 19.7 Å². The van der Waals surface area contributed by atoms with Crippen molar-refractivity contribution in [3.05, 3.63) is 53.1 Å². The molecule has 0 unspecified atom stereocenters. The number of nitrogens with zero attached hydrogens (tertiary/aromatic N) is 1. The number of aromatic carboxylic acids is 1. The zero-order chi connectivity index (χ0) is 20.8. The largest absolute Gasteiger partial charge is 0.490 e. The highest BCUT2D eigenvalue weighted by Crippen LogP contribution is 2.47. The molecule has 0 bridgehead atoms. The predicted octanol–water partition coefficient (Wildman–Crippen LogP) is 5.12. The van der Waals surface area contributed by atoms with E-state index in [1.165, 1.54) is 24.8 Å². The van der Waals surface area contributed by atoms with Crippen LogP contribution in [0.25, 0.3) is 22.2 Å². The minimum absolute atomic E-state index is 0.215. The highest BCUT2D eigenvalue weighted by Gasteiger charge is 2.31. The maximum Gasteiger partial charge on any atom is 0.335 e. The van der Waals surface area contributed by atoms with Crippen molar-refractivity contribution >= 4 is 16.9 Å². The van der Waals surface area contributed by atoms with E-state index in [1.807, 2.05) is 18.2 Å². The summed E-state index contributed by atoms with van der Waals surface area (Å²) in [6.07, 6.45) is 5.30. The summed E-state index contributed by atoms with van der Waals surface area (Å²) in [5.74, 6) is 0.281. The molecule has 1 aliphatic carbocycles. The number of aliphatic hydroxyl groups is 1. The number of aromatic nitrogens is 1. The maximum absolute atomic E-state index is 11.7. The molecule has 0 saturated heterocycles. The number of carboxylic acid groups (broad SMARTS) is 1. The number of fused-ring (bicyclic) bond motifs is 5. The Morgan fingerprint density at radius 3 is 2.70 bits per heavy atom. The Morgan fingerprint density at radius 2 is 1.93 bits per heavy atom. The third-order valence-corrected chi connectivity index (χ3v) is 6.66. The molecule has 1 fully saturated rings. The van der Waals surface area contributed by atoms with Gasteiger partial charge in [-0.3, -0.25) is 0 Å². The van der Waals surface area contributed by atoms with Gasteiger partial charge >= 0.3 is 5.97 Å². The number of hydrogen-bond donors (Lipinski definition) is 2. The molecule has 1 atom stereocenters. The SMILES string of the molecule is Cc1cccc2c1-c1c(C3CCCCC3)c3ccc(C(=O)O)cc3n1C[C@H](O)CO2. The van der Waals surface area contributed by atoms with Gasteiger partial charge in [0.05, 0.1) is 17.8 Å². The molecule has 5 rings (SSSR count). The van der Waals surface area contributed by atoms with Crippen LogP contribution in [0.1, 0.15) is 59.5 Å². The number of carboxylic acids is 1. The minimum atomic E-state index is -0.932. The number of ether oxygens (including phenoxy) is 1. The van der Waals surface area contributed by atoms with E-state index in [1.54, 1.807) is 12.1 Å². The summed E-state index contributed by atoms with van der Waals surface area (Å²) in [4.78, 5) is 11.7. The molecule has 156 valence electrons. The molecule has 1 aliphatic heterocycles. The predicted molar refractivity (Wildman–Crippen MR) is 116 cm³/mol. The van der Waals surface area contributed by atoms with Crippen LogP contribution in [0.5, 0.6) is 5.75 Å². The van der Waals surface area contributed by atoms with Gasteiger partial charge in [0.2, 0.25) is 0 Å². The van der Waals surface area contributed by atoms with Gasteiger partial charge in [-0.1, -0.05) is 37.5 Å². The average Bonchev–Trinajstić information content (AvgIpc) is 3.04. The van der Waals surface area contributed by atoms with Crippen molar-refractivity contribution in [2.24, 2.45) is 0 Å². The fourth-order valence-corrected chi connectivity index (χ4v) is 5.29. The molecular weight excluding hydrogens is 378 g/mol. The van der Waals surface area contributed by atoms with Crippen LogP contribution >= 0.6 is 0 Å². The summed E-state index contributed by atoms with van der Waals surface area (Å²) in [6, 6.07) is 11.5. The first-order valence-electron chi connectivity index (χ1n) is 10.8. The van der Waals surface area contributed by atoms with E-state index in [0.29, 0.717) is 12.5 Å². The molecule has 30 heavy (non-hydrogen) atoms. The van der Waals surface area contributed by atoms with Crippen molar-refractivity contribution in [3.63, 3.8) is 0 Å². The van der Waals surface area contributed by atoms with Crippen molar-refractivity contribution in [1.29, 1.82) is 0 Å². The number of aryl methyl sites for hydroxylation is 1. The molecule has 2 aliphatic rings. The molecule has 2 aromatic carbocycles. The van der Waals surface area contributed by atoms with Crippen LogP contribution in [0.15, 0.2) is 36.4 Å². The third kappa shape index (κ3) is 3.08. The van der Waals surface area contributed by atoms with Crippen molar-refractivity contribution in [3.8, 4) is 17.0 Å². The molecule has 2 N–H and O–H groups in total. The summed E-state index contributed by atoms with van der Waals surface area (Å²) in [6.45, 7) is 2.69. The summed E-state index contributed by atoms with van der Waals surface area (Å²) < 4.78 is 8.16. The van der Waals surface area contributed by atoms with Crippen molar-refractivity contribution in [2.75, 3.05) is 6.61 Å². The summed E-state index contributed by atoms with van der Waals surface area (Å²) >= 11 is 0. The van der Waals surface area contributed by atoms with Crippen LogP contribution in [0.3, 0.4) is 0 Å². The first kappa shape index (κ1) is 19.2. The quantitative estimate of drug-likeness (QED) is 0.621. The molecule has 1 aromatic heterocycles. The van der Waals surface area contributed by atoms with Crippen LogP contribution in [0, 0.1) is 6.92 Å². The number of benzene rings is 2. The van der Waals surface area contributed by atoms with Crippen LogP contribution in [0.4, 0.5) is 0 Å². The van der Waals surface area contributed by atoms with Gasteiger partial charge in [0.15, 0.2) is 0 Å². The number of rotatable bonds is 2. The Balaban J connectivity index is 1.88. The lowest BCUT2D eigenvalue weighted by Gasteiger charge is -2.27. The molecular formula is C25H27NO4. The van der Waals surface area contributed by atoms with Crippen LogP contribution in [0.2, 0.25) is 0 Å². The number of carbonyl (C=O) groups is 1. The van der Waals surface area contributed by atoms with E-state index in [9.17, 15) is 15.0 Å². The van der Waals surface area contributed by atoms with Gasteiger partial charge in [0, 0.05) is 16.5 Å². The topological polar surface area (TPSA) is 71.7 Å². The number of aliphatic hydroxyl groups excluding tert-OH is 1. The van der Waals surface area contributed by atoms with Gasteiger partial charge < -0.3 is 19.5 Å². The maximum atomic E-state index is 11.7. The standard InChI is InChI=1S/C25H27NO4/c1-15-6-5-9-21-22(15)24-23(16-7-3-2-4-8-16)19-11-10-17(25(28)29)12-20(19)26(24)13-18(27)14-30-21/h5-6,9-12,16,18,27H,2-4,7-8,13-14H2,1H3,(H,28,29)/t18-/m0/s1. The van der Waals surface area contributed by atoms with Crippen molar-refractivity contribution in [2.45, 2.75) is 57.6 Å². The molecule has 0 radical (unpaired) electrons. The second-order valence-corrected chi connectivity index (χ2v) is 8.66. The molecule has 3 aromatic rings. The highest BCUT2D eigenvalue weighted by molar-refractivity contribution is 5.99. The zero-order valence-electron chi connectivity index (χ0n) is 17.2. The van der Waals surface area contributed by atoms with Gasteiger partial charge in [-0.2, -0.15) is 0 Å². The van der Waals surface area contributed by atoms with E-state index in [0.717, 1.165) is 46.3 Å². The number of hydrogen-bond acceptors (Lipinski definition) is 3.